The van der Waals surface area contributed by atoms with E-state index in [1.165, 1.54) is 28.7 Å². The number of aryl methyl sites for hydroxylation is 1. The molecule has 0 spiro atoms. The molecule has 0 saturated heterocycles. The highest BCUT2D eigenvalue weighted by atomic mass is 32.2. The van der Waals surface area contributed by atoms with Gasteiger partial charge in [-0.2, -0.15) is 5.26 Å². The summed E-state index contributed by atoms with van der Waals surface area (Å²) in [6.45, 7) is 2.04. The lowest BCUT2D eigenvalue weighted by Crippen LogP contribution is -2.02. The summed E-state index contributed by atoms with van der Waals surface area (Å²) in [6, 6.07) is 11.5. The molecule has 3 aromatic rings. The van der Waals surface area contributed by atoms with Crippen LogP contribution in [0, 0.1) is 18.3 Å². The van der Waals surface area contributed by atoms with E-state index < -0.39 is 5.56 Å². The molecule has 22 heavy (non-hydrogen) atoms. The number of aromatic amines is 1. The van der Waals surface area contributed by atoms with Gasteiger partial charge in [0, 0.05) is 11.8 Å². The number of hydrogen-bond acceptors (Lipinski definition) is 5. The molecule has 0 aliphatic heterocycles. The molecule has 6 heteroatoms. The van der Waals surface area contributed by atoms with Crippen LogP contribution in [0.15, 0.2) is 39.3 Å². The molecule has 0 unspecified atom stereocenters. The van der Waals surface area contributed by atoms with Gasteiger partial charge in [0.05, 0.1) is 14.4 Å². The molecule has 3 rings (SSSR count). The van der Waals surface area contributed by atoms with Crippen LogP contribution in [0.25, 0.3) is 10.2 Å². The third-order valence-corrected chi connectivity index (χ3v) is 5.78. The highest BCUT2D eigenvalue weighted by molar-refractivity contribution is 8.00. The maximum Gasteiger partial charge on any atom is 0.252 e. The second-order valence-electron chi connectivity index (χ2n) is 4.87. The van der Waals surface area contributed by atoms with Gasteiger partial charge in [-0.05, 0) is 12.5 Å². The Balaban J connectivity index is 1.97. The quantitative estimate of drug-likeness (QED) is 0.718. The number of aromatic hydroxyl groups is 1. The SMILES string of the molecule is Cc1ccc(CSc2sc3c(O)cc(=O)[nH]c3c2C#N)cc1. The van der Waals surface area contributed by atoms with Gasteiger partial charge in [-0.15, -0.1) is 23.1 Å². The topological polar surface area (TPSA) is 76.9 Å². The van der Waals surface area contributed by atoms with Crippen LogP contribution in [0.1, 0.15) is 16.7 Å². The maximum absolute atomic E-state index is 11.5. The minimum Gasteiger partial charge on any atom is -0.506 e. The third-order valence-electron chi connectivity index (χ3n) is 3.23. The van der Waals surface area contributed by atoms with Crippen molar-refractivity contribution in [3.63, 3.8) is 0 Å². The van der Waals surface area contributed by atoms with Crippen LogP contribution in [-0.4, -0.2) is 10.1 Å². The zero-order valence-corrected chi connectivity index (χ0v) is 13.3. The average molecular weight is 328 g/mol. The van der Waals surface area contributed by atoms with Crippen LogP contribution < -0.4 is 5.56 Å². The van der Waals surface area contributed by atoms with Crippen molar-refractivity contribution in [1.29, 1.82) is 5.26 Å². The van der Waals surface area contributed by atoms with Gasteiger partial charge in [0.1, 0.15) is 17.4 Å². The van der Waals surface area contributed by atoms with Crippen molar-refractivity contribution in [1.82, 2.24) is 4.98 Å². The number of rotatable bonds is 3. The fraction of sp³-hybridized carbons (Fsp3) is 0.125. The molecule has 0 amide bonds. The first-order valence-electron chi connectivity index (χ1n) is 6.55. The van der Waals surface area contributed by atoms with Crippen LogP contribution >= 0.6 is 23.1 Å². The van der Waals surface area contributed by atoms with Gasteiger partial charge in [0.15, 0.2) is 0 Å². The minimum absolute atomic E-state index is 0.0811. The molecule has 0 atom stereocenters. The number of nitriles is 1. The average Bonchev–Trinajstić information content (AvgIpc) is 2.84. The zero-order valence-electron chi connectivity index (χ0n) is 11.7. The highest BCUT2D eigenvalue weighted by Gasteiger charge is 2.16. The van der Waals surface area contributed by atoms with Gasteiger partial charge < -0.3 is 10.1 Å². The van der Waals surface area contributed by atoms with E-state index in [-0.39, 0.29) is 5.75 Å². The largest absolute Gasteiger partial charge is 0.506 e. The third kappa shape index (κ3) is 2.73. The number of hydrogen-bond donors (Lipinski definition) is 2. The molecule has 0 bridgehead atoms. The Morgan fingerprint density at radius 2 is 2.09 bits per heavy atom. The zero-order chi connectivity index (χ0) is 15.7. The number of aromatic nitrogens is 1. The normalized spacial score (nSPS) is 10.7. The fourth-order valence-electron chi connectivity index (χ4n) is 2.10. The summed E-state index contributed by atoms with van der Waals surface area (Å²) in [5.41, 5.74) is 2.80. The van der Waals surface area contributed by atoms with Gasteiger partial charge in [0.25, 0.3) is 5.56 Å². The van der Waals surface area contributed by atoms with Crippen molar-refractivity contribution >= 4 is 33.3 Å². The van der Waals surface area contributed by atoms with Gasteiger partial charge in [0.2, 0.25) is 0 Å². The Labute approximate surface area is 135 Å². The molecule has 0 saturated carbocycles. The number of pyridine rings is 1. The van der Waals surface area contributed by atoms with E-state index in [2.05, 4.69) is 35.3 Å². The molecule has 0 fully saturated rings. The lowest BCUT2D eigenvalue weighted by atomic mass is 10.2. The number of thioether (sulfide) groups is 1. The van der Waals surface area contributed by atoms with Crippen molar-refractivity contribution < 1.29 is 5.11 Å². The van der Waals surface area contributed by atoms with Crippen LogP contribution in [0.5, 0.6) is 5.75 Å². The number of benzene rings is 1. The van der Waals surface area contributed by atoms with E-state index in [9.17, 15) is 15.2 Å². The highest BCUT2D eigenvalue weighted by Crippen LogP contribution is 2.40. The van der Waals surface area contributed by atoms with Crippen molar-refractivity contribution in [3.8, 4) is 11.8 Å². The molecule has 0 radical (unpaired) electrons. The molecule has 4 nitrogen and oxygen atoms in total. The molecule has 0 aliphatic rings. The number of nitrogens with one attached hydrogen (secondary N) is 1. The molecule has 2 N–H and O–H groups in total. The van der Waals surface area contributed by atoms with Gasteiger partial charge >= 0.3 is 0 Å². The van der Waals surface area contributed by atoms with Crippen LogP contribution in [0.2, 0.25) is 0 Å². The second kappa shape index (κ2) is 5.87. The first-order chi connectivity index (χ1) is 10.6. The van der Waals surface area contributed by atoms with Crippen LogP contribution in [0.3, 0.4) is 0 Å². The van der Waals surface area contributed by atoms with Crippen molar-refractivity contribution in [3.05, 3.63) is 57.4 Å². The summed E-state index contributed by atoms with van der Waals surface area (Å²) in [6.07, 6.45) is 0. The number of nitrogens with zero attached hydrogens (tertiary/aromatic N) is 1. The molecule has 1 aromatic carbocycles. The summed E-state index contributed by atoms with van der Waals surface area (Å²) < 4.78 is 1.35. The van der Waals surface area contributed by atoms with Gasteiger partial charge in [-0.3, -0.25) is 4.79 Å². The molecule has 2 heterocycles. The Kier molecular flexibility index (Phi) is 3.92. The number of fused-ring (bicyclic) bond motifs is 1. The minimum atomic E-state index is -0.408. The van der Waals surface area contributed by atoms with Crippen LogP contribution in [0.4, 0.5) is 0 Å². The van der Waals surface area contributed by atoms with E-state index in [1.54, 1.807) is 0 Å². The number of thiophene rings is 1. The van der Waals surface area contributed by atoms with E-state index in [4.69, 9.17) is 0 Å². The summed E-state index contributed by atoms with van der Waals surface area (Å²) in [7, 11) is 0. The van der Waals surface area contributed by atoms with E-state index in [0.717, 1.165) is 21.6 Å². The van der Waals surface area contributed by atoms with Crippen molar-refractivity contribution in [2.45, 2.75) is 16.9 Å². The molecular weight excluding hydrogens is 316 g/mol. The summed E-state index contributed by atoms with van der Waals surface area (Å²) in [5.74, 6) is 0.648. The summed E-state index contributed by atoms with van der Waals surface area (Å²) in [5, 5.41) is 19.2. The lowest BCUT2D eigenvalue weighted by Gasteiger charge is -2.01. The Morgan fingerprint density at radius 1 is 1.36 bits per heavy atom. The first-order valence-corrected chi connectivity index (χ1v) is 8.36. The van der Waals surface area contributed by atoms with E-state index in [0.29, 0.717) is 15.8 Å². The molecule has 0 aliphatic carbocycles. The van der Waals surface area contributed by atoms with Crippen LogP contribution in [-0.2, 0) is 5.75 Å². The predicted molar refractivity (Wildman–Crippen MR) is 89.6 cm³/mol. The van der Waals surface area contributed by atoms with Crippen molar-refractivity contribution in [2.75, 3.05) is 0 Å². The second-order valence-corrected chi connectivity index (χ2v) is 7.14. The van der Waals surface area contributed by atoms with E-state index >= 15 is 0 Å². The monoisotopic (exact) mass is 328 g/mol. The molecule has 110 valence electrons. The van der Waals surface area contributed by atoms with Gasteiger partial charge in [-0.1, -0.05) is 29.8 Å². The Hall–Kier alpha value is -2.23. The molecular formula is C16H12N2O2S2. The van der Waals surface area contributed by atoms with Gasteiger partial charge in [-0.25, -0.2) is 0 Å². The molecule has 2 aromatic heterocycles. The summed E-state index contributed by atoms with van der Waals surface area (Å²) in [4.78, 5) is 14.1. The Morgan fingerprint density at radius 3 is 2.77 bits per heavy atom. The standard InChI is InChI=1S/C16H12N2O2S2/c1-9-2-4-10(5-3-9)8-21-16-11(7-17)14-15(22-16)12(19)6-13(20)18-14/h2-6H,8H2,1H3,(H2,18,19,20). The lowest BCUT2D eigenvalue weighted by molar-refractivity contribution is 0.481. The summed E-state index contributed by atoms with van der Waals surface area (Å²) >= 11 is 2.86. The smallest absolute Gasteiger partial charge is 0.252 e. The first kappa shape index (κ1) is 14.7. The maximum atomic E-state index is 11.5. The Bertz CT molecular complexity index is 934. The van der Waals surface area contributed by atoms with E-state index in [1.807, 2.05) is 6.92 Å². The fourth-order valence-corrected chi connectivity index (χ4v) is 4.39. The predicted octanol–water partition coefficient (Wildman–Crippen LogP) is 3.77. The van der Waals surface area contributed by atoms with Crippen molar-refractivity contribution in [2.24, 2.45) is 0 Å². The number of H-pyrrole nitrogens is 1.